The van der Waals surface area contributed by atoms with Gasteiger partial charge in [0.15, 0.2) is 0 Å². The minimum Gasteiger partial charge on any atom is -0.378 e. The molecule has 11 nitrogen and oxygen atoms in total. The van der Waals surface area contributed by atoms with E-state index in [4.69, 9.17) is 14.7 Å². The van der Waals surface area contributed by atoms with Crippen LogP contribution in [-0.2, 0) is 4.74 Å². The largest absolute Gasteiger partial charge is 0.378 e. The van der Waals surface area contributed by atoms with E-state index in [0.29, 0.717) is 44.1 Å². The molecule has 0 radical (unpaired) electrons. The summed E-state index contributed by atoms with van der Waals surface area (Å²) < 4.78 is 5.54. The number of ether oxygens (including phenoxy) is 1. The quantitative estimate of drug-likeness (QED) is 0.159. The zero-order valence-electron chi connectivity index (χ0n) is 26.4. The Hall–Kier alpha value is -5.55. The summed E-state index contributed by atoms with van der Waals surface area (Å²) in [5.41, 5.74) is 9.40. The third-order valence-corrected chi connectivity index (χ3v) is 7.14. The molecule has 0 bridgehead atoms. The van der Waals surface area contributed by atoms with Crippen LogP contribution in [-0.4, -0.2) is 41.3 Å². The summed E-state index contributed by atoms with van der Waals surface area (Å²) in [5.74, 6) is 1.41. The Labute approximate surface area is 268 Å². The normalized spacial score (nSPS) is 13.4. The van der Waals surface area contributed by atoms with Crippen molar-refractivity contribution in [1.29, 1.82) is 0 Å². The molecule has 0 spiro atoms. The maximum absolute atomic E-state index is 5.54. The standard InChI is InChI=1S/C35H36N10O/c1-23-17-24(2)20-31(19-23)43-41-29-9-5-27(6-10-29)36-33-38-34(40-35(39-33)45-13-15-46-16-14-45)37-28-7-11-30(12-8-28)42-44-32-21-25(3)18-26(4)22-32/h5-12,17-22H,13-16H2,1-4H3,(H2,36,37,38,39,40). The fourth-order valence-electron chi connectivity index (χ4n) is 5.11. The first-order chi connectivity index (χ1) is 22.3. The lowest BCUT2D eigenvalue weighted by atomic mass is 10.1. The van der Waals surface area contributed by atoms with Crippen LogP contribution >= 0.6 is 0 Å². The van der Waals surface area contributed by atoms with Gasteiger partial charge in [-0.15, -0.1) is 0 Å². The van der Waals surface area contributed by atoms with Gasteiger partial charge in [-0.25, -0.2) is 0 Å². The van der Waals surface area contributed by atoms with Crippen molar-refractivity contribution < 1.29 is 4.74 Å². The van der Waals surface area contributed by atoms with Crippen molar-refractivity contribution in [3.05, 3.63) is 107 Å². The predicted molar refractivity (Wildman–Crippen MR) is 182 cm³/mol. The number of aryl methyl sites for hydroxylation is 4. The number of benzene rings is 4. The van der Waals surface area contributed by atoms with Crippen molar-refractivity contribution in [2.75, 3.05) is 41.8 Å². The smallest absolute Gasteiger partial charge is 0.233 e. The van der Waals surface area contributed by atoms with E-state index in [9.17, 15) is 0 Å². The molecule has 46 heavy (non-hydrogen) atoms. The molecule has 5 aromatic rings. The second-order valence-electron chi connectivity index (χ2n) is 11.3. The first-order valence-electron chi connectivity index (χ1n) is 15.2. The number of nitrogens with zero attached hydrogens (tertiary/aromatic N) is 8. The first kappa shape index (κ1) is 30.5. The van der Waals surface area contributed by atoms with Crippen LogP contribution in [0, 0.1) is 27.7 Å². The summed E-state index contributed by atoms with van der Waals surface area (Å²) >= 11 is 0. The molecule has 0 aliphatic carbocycles. The van der Waals surface area contributed by atoms with Gasteiger partial charge < -0.3 is 20.3 Å². The van der Waals surface area contributed by atoms with E-state index in [1.165, 1.54) is 0 Å². The molecule has 1 fully saturated rings. The van der Waals surface area contributed by atoms with E-state index in [2.05, 4.69) is 80.8 Å². The SMILES string of the molecule is Cc1cc(C)cc(N=Nc2ccc(Nc3nc(Nc4ccc(N=Nc5cc(C)cc(C)c5)cc4)nc(N4CCOCC4)n3)cc2)c1. The minimum absolute atomic E-state index is 0.419. The van der Waals surface area contributed by atoms with Crippen LogP contribution in [0.25, 0.3) is 0 Å². The predicted octanol–water partition coefficient (Wildman–Crippen LogP) is 9.26. The lowest BCUT2D eigenvalue weighted by Gasteiger charge is -2.27. The van der Waals surface area contributed by atoms with Crippen molar-refractivity contribution in [2.45, 2.75) is 27.7 Å². The summed E-state index contributed by atoms with van der Waals surface area (Å²) in [6.07, 6.45) is 0. The maximum atomic E-state index is 5.54. The highest BCUT2D eigenvalue weighted by Gasteiger charge is 2.17. The van der Waals surface area contributed by atoms with Crippen LogP contribution in [0.5, 0.6) is 0 Å². The molecule has 2 heterocycles. The van der Waals surface area contributed by atoms with Crippen LogP contribution in [0.3, 0.4) is 0 Å². The molecule has 6 rings (SSSR count). The number of nitrogens with one attached hydrogen (secondary N) is 2. The average molecular weight is 613 g/mol. The van der Waals surface area contributed by atoms with Gasteiger partial charge in [0.1, 0.15) is 0 Å². The first-order valence-corrected chi connectivity index (χ1v) is 15.2. The third kappa shape index (κ3) is 8.33. The van der Waals surface area contributed by atoms with Gasteiger partial charge in [0, 0.05) is 24.5 Å². The molecule has 232 valence electrons. The zero-order valence-corrected chi connectivity index (χ0v) is 26.4. The molecule has 4 aromatic carbocycles. The van der Waals surface area contributed by atoms with Gasteiger partial charge in [0.25, 0.3) is 0 Å². The fourth-order valence-corrected chi connectivity index (χ4v) is 5.11. The highest BCUT2D eigenvalue weighted by atomic mass is 16.5. The number of azo groups is 2. The molecule has 1 saturated heterocycles. The minimum atomic E-state index is 0.419. The maximum Gasteiger partial charge on any atom is 0.233 e. The van der Waals surface area contributed by atoms with E-state index in [0.717, 1.165) is 56.4 Å². The molecule has 2 N–H and O–H groups in total. The van der Waals surface area contributed by atoms with Crippen molar-refractivity contribution in [2.24, 2.45) is 20.5 Å². The fraction of sp³-hybridized carbons (Fsp3) is 0.229. The molecule has 0 saturated carbocycles. The number of anilines is 5. The van der Waals surface area contributed by atoms with Crippen molar-refractivity contribution in [3.63, 3.8) is 0 Å². The Bertz CT molecular complexity index is 1700. The molecule has 1 aromatic heterocycles. The molecular weight excluding hydrogens is 576 g/mol. The number of morpholine rings is 1. The topological polar surface area (TPSA) is 125 Å². The summed E-state index contributed by atoms with van der Waals surface area (Å²) in [5, 5.41) is 24.2. The molecule has 11 heteroatoms. The van der Waals surface area contributed by atoms with Gasteiger partial charge in [-0.1, -0.05) is 12.1 Å². The Morgan fingerprint density at radius 1 is 0.522 bits per heavy atom. The monoisotopic (exact) mass is 612 g/mol. The summed E-state index contributed by atoms with van der Waals surface area (Å²) in [7, 11) is 0. The van der Waals surface area contributed by atoms with Gasteiger partial charge in [-0.2, -0.15) is 35.4 Å². The Balaban J connectivity index is 1.17. The van der Waals surface area contributed by atoms with E-state index in [1.54, 1.807) is 0 Å². The molecule has 1 aliphatic heterocycles. The molecule has 1 aliphatic rings. The van der Waals surface area contributed by atoms with Crippen LogP contribution in [0.4, 0.5) is 52.0 Å². The van der Waals surface area contributed by atoms with Gasteiger partial charge in [0.2, 0.25) is 17.8 Å². The van der Waals surface area contributed by atoms with Crippen LogP contribution in [0.15, 0.2) is 105 Å². The lowest BCUT2D eigenvalue weighted by Crippen LogP contribution is -2.37. The second-order valence-corrected chi connectivity index (χ2v) is 11.3. The van der Waals surface area contributed by atoms with E-state index in [1.807, 2.05) is 72.8 Å². The van der Waals surface area contributed by atoms with Gasteiger partial charge in [-0.3, -0.25) is 0 Å². The van der Waals surface area contributed by atoms with Gasteiger partial charge >= 0.3 is 0 Å². The highest BCUT2D eigenvalue weighted by molar-refractivity contribution is 5.62. The Morgan fingerprint density at radius 2 is 0.913 bits per heavy atom. The van der Waals surface area contributed by atoms with Crippen molar-refractivity contribution in [3.8, 4) is 0 Å². The number of hydrogen-bond donors (Lipinski definition) is 2. The lowest BCUT2D eigenvalue weighted by molar-refractivity contribution is 0.122. The van der Waals surface area contributed by atoms with Crippen LogP contribution in [0.1, 0.15) is 22.3 Å². The second kappa shape index (κ2) is 14.0. The van der Waals surface area contributed by atoms with Crippen LogP contribution < -0.4 is 15.5 Å². The third-order valence-electron chi connectivity index (χ3n) is 7.14. The van der Waals surface area contributed by atoms with Crippen molar-refractivity contribution in [1.82, 2.24) is 15.0 Å². The molecular formula is C35H36N10O. The molecule has 0 atom stereocenters. The van der Waals surface area contributed by atoms with Crippen LogP contribution in [0.2, 0.25) is 0 Å². The van der Waals surface area contributed by atoms with E-state index in [-0.39, 0.29) is 0 Å². The van der Waals surface area contributed by atoms with Crippen molar-refractivity contribution >= 4 is 52.0 Å². The Kier molecular flexibility index (Phi) is 9.30. The number of rotatable bonds is 9. The summed E-state index contributed by atoms with van der Waals surface area (Å²) in [4.78, 5) is 16.2. The highest BCUT2D eigenvalue weighted by Crippen LogP contribution is 2.26. The zero-order chi connectivity index (χ0) is 31.9. The van der Waals surface area contributed by atoms with Gasteiger partial charge in [-0.05, 0) is 123 Å². The van der Waals surface area contributed by atoms with E-state index < -0.39 is 0 Å². The summed E-state index contributed by atoms with van der Waals surface area (Å²) in [6.45, 7) is 10.8. The summed E-state index contributed by atoms with van der Waals surface area (Å²) in [6, 6.07) is 27.6. The number of hydrogen-bond acceptors (Lipinski definition) is 11. The molecule has 0 unspecified atom stereocenters. The Morgan fingerprint density at radius 3 is 1.33 bits per heavy atom. The van der Waals surface area contributed by atoms with E-state index >= 15 is 0 Å². The molecule has 0 amide bonds. The number of aromatic nitrogens is 3. The average Bonchev–Trinajstić information content (AvgIpc) is 3.04. The van der Waals surface area contributed by atoms with Gasteiger partial charge in [0.05, 0.1) is 36.0 Å².